The van der Waals surface area contributed by atoms with Gasteiger partial charge in [0.15, 0.2) is 6.73 Å². The quantitative estimate of drug-likeness (QED) is 0.529. The summed E-state index contributed by atoms with van der Waals surface area (Å²) >= 11 is 0. The Morgan fingerprint density at radius 2 is 2.08 bits per heavy atom. The fraction of sp³-hybridized carbons (Fsp3) is 1.00. The highest BCUT2D eigenvalue weighted by atomic mass is 31.2. The Morgan fingerprint density at radius 1 is 1.46 bits per heavy atom. The van der Waals surface area contributed by atoms with Crippen molar-refractivity contribution >= 4 is 7.82 Å². The third-order valence-corrected chi connectivity index (χ3v) is 3.75. The lowest BCUT2D eigenvalue weighted by molar-refractivity contribution is -1.06. The molecule has 3 aliphatic rings. The summed E-state index contributed by atoms with van der Waals surface area (Å²) in [5, 5.41) is 0. The van der Waals surface area contributed by atoms with Crippen molar-refractivity contribution < 1.29 is 23.0 Å². The van der Waals surface area contributed by atoms with Crippen molar-refractivity contribution in [1.82, 2.24) is 0 Å². The van der Waals surface area contributed by atoms with Crippen LogP contribution in [0.2, 0.25) is 0 Å². The Balaban J connectivity index is 1.75. The maximum atomic E-state index is 11.1. The molecule has 2 bridgehead atoms. The van der Waals surface area contributed by atoms with Crippen LogP contribution in [0.5, 0.6) is 0 Å². The van der Waals surface area contributed by atoms with Gasteiger partial charge < -0.3 is 4.89 Å². The molecule has 3 fully saturated rings. The van der Waals surface area contributed by atoms with Crippen LogP contribution in [-0.2, 0) is 13.6 Å². The first kappa shape index (κ1) is 9.62. The molecule has 1 N–H and O–H groups in total. The van der Waals surface area contributed by atoms with E-state index in [1.807, 2.05) is 0 Å². The minimum absolute atomic E-state index is 0.205. The average Bonchev–Trinajstić information content (AvgIpc) is 1.79. The SMILES string of the molecule is CCOP(=O)(O)OC[N+]12CC(C1)C2. The molecule has 3 rings (SSSR count). The lowest BCUT2D eigenvalue weighted by Crippen LogP contribution is -2.79. The summed E-state index contributed by atoms with van der Waals surface area (Å²) in [6, 6.07) is 0. The molecular formula is C7H15NO4P+. The lowest BCUT2D eigenvalue weighted by atomic mass is 9.83. The van der Waals surface area contributed by atoms with Gasteiger partial charge >= 0.3 is 7.82 Å². The molecule has 3 aliphatic heterocycles. The minimum Gasteiger partial charge on any atom is -0.302 e. The van der Waals surface area contributed by atoms with Gasteiger partial charge in [0.1, 0.15) is 5.92 Å². The topological polar surface area (TPSA) is 55.8 Å². The molecule has 6 heteroatoms. The number of quaternary nitrogens is 1. The van der Waals surface area contributed by atoms with Crippen LogP contribution in [0, 0.1) is 5.92 Å². The molecule has 3 heterocycles. The predicted octanol–water partition coefficient (Wildman–Crippen LogP) is 0.558. The van der Waals surface area contributed by atoms with Crippen LogP contribution in [0.4, 0.5) is 0 Å². The Hall–Kier alpha value is 0.0700. The summed E-state index contributed by atoms with van der Waals surface area (Å²) in [6.45, 7) is 5.51. The molecule has 1 atom stereocenters. The second kappa shape index (κ2) is 3.04. The molecule has 0 saturated carbocycles. The standard InChI is InChI=1S/C7H14NO4P/c1-2-11-13(9,10)12-6-8-3-7(4-8)5-8/h7H,2-6H2,1H3/p+1. The van der Waals surface area contributed by atoms with Crippen LogP contribution < -0.4 is 0 Å². The summed E-state index contributed by atoms with van der Waals surface area (Å²) in [5.41, 5.74) is 0. The number of nitrogens with zero attached hydrogens (tertiary/aromatic N) is 1. The molecule has 0 aromatic heterocycles. The van der Waals surface area contributed by atoms with Gasteiger partial charge in [-0.1, -0.05) is 0 Å². The summed E-state index contributed by atoms with van der Waals surface area (Å²) in [6.07, 6.45) is 0. The van der Waals surface area contributed by atoms with Gasteiger partial charge in [0, 0.05) is 0 Å². The summed E-state index contributed by atoms with van der Waals surface area (Å²) < 4.78 is 21.4. The maximum Gasteiger partial charge on any atom is 0.476 e. The van der Waals surface area contributed by atoms with Gasteiger partial charge in [-0.05, 0) is 6.92 Å². The fourth-order valence-corrected chi connectivity index (χ4v) is 2.83. The van der Waals surface area contributed by atoms with E-state index in [4.69, 9.17) is 9.42 Å². The number of phosphoric ester groups is 1. The van der Waals surface area contributed by atoms with Crippen LogP contribution in [0.15, 0.2) is 0 Å². The van der Waals surface area contributed by atoms with Crippen molar-refractivity contribution in [2.24, 2.45) is 5.92 Å². The smallest absolute Gasteiger partial charge is 0.302 e. The first-order valence-corrected chi connectivity index (χ1v) is 6.02. The fourth-order valence-electron chi connectivity index (χ4n) is 2.04. The van der Waals surface area contributed by atoms with E-state index in [0.717, 1.165) is 30.0 Å². The van der Waals surface area contributed by atoms with Crippen LogP contribution in [0.1, 0.15) is 6.92 Å². The zero-order valence-corrected chi connectivity index (χ0v) is 8.57. The summed E-state index contributed by atoms with van der Waals surface area (Å²) in [7, 11) is -3.76. The van der Waals surface area contributed by atoms with Crippen molar-refractivity contribution in [1.29, 1.82) is 0 Å². The van der Waals surface area contributed by atoms with Gasteiger partial charge in [-0.3, -0.25) is 9.01 Å². The largest absolute Gasteiger partial charge is 0.476 e. The van der Waals surface area contributed by atoms with E-state index < -0.39 is 7.82 Å². The first-order chi connectivity index (χ1) is 6.05. The molecule has 0 amide bonds. The first-order valence-electron chi connectivity index (χ1n) is 4.52. The third kappa shape index (κ3) is 1.80. The van der Waals surface area contributed by atoms with Gasteiger partial charge in [0.2, 0.25) is 0 Å². The van der Waals surface area contributed by atoms with Gasteiger partial charge in [-0.25, -0.2) is 9.09 Å². The molecule has 0 radical (unpaired) electrons. The molecular weight excluding hydrogens is 193 g/mol. The summed E-state index contributed by atoms with van der Waals surface area (Å²) in [5.74, 6) is 0.841. The van der Waals surface area contributed by atoms with Gasteiger partial charge in [0.25, 0.3) is 0 Å². The molecule has 76 valence electrons. The highest BCUT2D eigenvalue weighted by molar-refractivity contribution is 7.47. The van der Waals surface area contributed by atoms with E-state index in [0.29, 0.717) is 6.73 Å². The minimum atomic E-state index is -3.76. The van der Waals surface area contributed by atoms with E-state index in [2.05, 4.69) is 4.52 Å². The van der Waals surface area contributed by atoms with Crippen molar-refractivity contribution in [3.8, 4) is 0 Å². The Bertz CT molecular complexity index is 240. The highest BCUT2D eigenvalue weighted by Crippen LogP contribution is 2.47. The van der Waals surface area contributed by atoms with E-state index in [-0.39, 0.29) is 6.61 Å². The normalized spacial score (nSPS) is 40.3. The van der Waals surface area contributed by atoms with Gasteiger partial charge in [0.05, 0.1) is 26.2 Å². The number of hydrogen-bond donors (Lipinski definition) is 1. The van der Waals surface area contributed by atoms with E-state index in [1.54, 1.807) is 6.92 Å². The van der Waals surface area contributed by atoms with Crippen LogP contribution in [0.3, 0.4) is 0 Å². The van der Waals surface area contributed by atoms with Crippen molar-refractivity contribution in [2.45, 2.75) is 6.92 Å². The summed E-state index contributed by atoms with van der Waals surface area (Å²) in [4.78, 5) is 9.12. The number of rotatable bonds is 5. The van der Waals surface area contributed by atoms with Crippen molar-refractivity contribution in [2.75, 3.05) is 33.0 Å². The molecule has 0 aliphatic carbocycles. The second-order valence-corrected chi connectivity index (χ2v) is 5.35. The molecule has 13 heavy (non-hydrogen) atoms. The molecule has 3 saturated heterocycles. The Kier molecular flexibility index (Phi) is 2.25. The Labute approximate surface area is 77.5 Å². The van der Waals surface area contributed by atoms with E-state index in [9.17, 15) is 4.57 Å². The van der Waals surface area contributed by atoms with Crippen molar-refractivity contribution in [3.63, 3.8) is 0 Å². The second-order valence-electron chi connectivity index (χ2n) is 3.90. The van der Waals surface area contributed by atoms with Gasteiger partial charge in [-0.15, -0.1) is 0 Å². The maximum absolute atomic E-state index is 11.1. The van der Waals surface area contributed by atoms with Crippen LogP contribution in [-0.4, -0.2) is 42.3 Å². The van der Waals surface area contributed by atoms with Crippen LogP contribution >= 0.6 is 7.82 Å². The van der Waals surface area contributed by atoms with E-state index >= 15 is 0 Å². The zero-order valence-electron chi connectivity index (χ0n) is 7.68. The molecule has 5 nitrogen and oxygen atoms in total. The number of phosphoric acid groups is 1. The lowest BCUT2D eigenvalue weighted by Gasteiger charge is -2.61. The molecule has 0 aromatic carbocycles. The zero-order chi connectivity index (χ0) is 9.53. The van der Waals surface area contributed by atoms with E-state index in [1.165, 1.54) is 0 Å². The predicted molar refractivity (Wildman–Crippen MR) is 45.8 cm³/mol. The third-order valence-electron chi connectivity index (χ3n) is 2.72. The van der Waals surface area contributed by atoms with Crippen LogP contribution in [0.25, 0.3) is 0 Å². The van der Waals surface area contributed by atoms with Crippen molar-refractivity contribution in [3.05, 3.63) is 0 Å². The van der Waals surface area contributed by atoms with Gasteiger partial charge in [-0.2, -0.15) is 0 Å². The molecule has 0 spiro atoms. The average molecular weight is 208 g/mol. The molecule has 1 unspecified atom stereocenters. The highest BCUT2D eigenvalue weighted by Gasteiger charge is 2.59. The number of hydrogen-bond acceptors (Lipinski definition) is 3. The monoisotopic (exact) mass is 208 g/mol. The molecule has 0 aromatic rings. The Morgan fingerprint density at radius 3 is 2.46 bits per heavy atom.